The molecule has 1 aromatic carbocycles. The van der Waals surface area contributed by atoms with Crippen molar-refractivity contribution in [3.63, 3.8) is 0 Å². The fraction of sp³-hybridized carbons (Fsp3) is 0.565. The van der Waals surface area contributed by atoms with Gasteiger partial charge in [0.25, 0.3) is 5.91 Å². The summed E-state index contributed by atoms with van der Waals surface area (Å²) in [6.07, 6.45) is 3.70. The molecule has 0 radical (unpaired) electrons. The van der Waals surface area contributed by atoms with Crippen molar-refractivity contribution in [2.24, 2.45) is 0 Å². The van der Waals surface area contributed by atoms with Gasteiger partial charge in [-0.2, -0.15) is 0 Å². The van der Waals surface area contributed by atoms with E-state index in [9.17, 15) is 9.35 Å². The topological polar surface area (TPSA) is 99.9 Å². The summed E-state index contributed by atoms with van der Waals surface area (Å²) >= 11 is -1.37. The molecule has 8 nitrogen and oxygen atoms in total. The number of amides is 1. The van der Waals surface area contributed by atoms with Crippen LogP contribution in [0.5, 0.6) is 11.5 Å². The summed E-state index contributed by atoms with van der Waals surface area (Å²) in [5, 5.41) is 2.89. The van der Waals surface area contributed by atoms with Crippen molar-refractivity contribution in [2.75, 3.05) is 39.6 Å². The van der Waals surface area contributed by atoms with Crippen LogP contribution in [-0.2, 0) is 21.7 Å². The lowest BCUT2D eigenvalue weighted by Gasteiger charge is -2.33. The van der Waals surface area contributed by atoms with E-state index in [4.69, 9.17) is 13.9 Å². The number of oxazole rings is 1. The number of aromatic nitrogens is 1. The minimum Gasteiger partial charge on any atom is -0.616 e. The molecule has 2 atom stereocenters. The van der Waals surface area contributed by atoms with Crippen molar-refractivity contribution >= 4 is 17.1 Å². The van der Waals surface area contributed by atoms with Crippen LogP contribution in [0.25, 0.3) is 11.5 Å². The molecule has 1 aromatic heterocycles. The number of hydrogen-bond donors (Lipinski definition) is 1. The molecule has 9 heteroatoms. The van der Waals surface area contributed by atoms with Gasteiger partial charge in [0, 0.05) is 24.7 Å². The van der Waals surface area contributed by atoms with E-state index >= 15 is 0 Å². The second-order valence-corrected chi connectivity index (χ2v) is 9.51. The molecule has 1 aliphatic heterocycles. The van der Waals surface area contributed by atoms with E-state index in [-0.39, 0.29) is 17.4 Å². The highest BCUT2D eigenvalue weighted by atomic mass is 32.2. The molecule has 0 bridgehead atoms. The Bertz CT molecular complexity index is 904. The number of benzene rings is 1. The molecule has 32 heavy (non-hydrogen) atoms. The molecular formula is C23H33N3O5S. The standard InChI is InChI=1S/C23H33N3O5S/c1-16-7-5-6-11-26(16)12-10-24-22(27)15-32(28)14-19-17(2)31-23(25-19)18-8-9-20(29-3)21(13-18)30-4/h8-9,13,16H,5-7,10-12,14-15H2,1-4H3,(H,24,27). The summed E-state index contributed by atoms with van der Waals surface area (Å²) < 4.78 is 28.9. The third-order valence-electron chi connectivity index (χ3n) is 5.77. The average molecular weight is 464 g/mol. The summed E-state index contributed by atoms with van der Waals surface area (Å²) in [6, 6.07) is 5.94. The van der Waals surface area contributed by atoms with Crippen LogP contribution in [0.15, 0.2) is 22.6 Å². The summed E-state index contributed by atoms with van der Waals surface area (Å²) in [5.41, 5.74) is 1.32. The van der Waals surface area contributed by atoms with Crippen LogP contribution in [0, 0.1) is 6.92 Å². The zero-order chi connectivity index (χ0) is 23.1. The summed E-state index contributed by atoms with van der Waals surface area (Å²) in [7, 11) is 3.14. The van der Waals surface area contributed by atoms with E-state index in [1.54, 1.807) is 33.3 Å². The van der Waals surface area contributed by atoms with Gasteiger partial charge in [0.15, 0.2) is 23.0 Å². The van der Waals surface area contributed by atoms with Crippen LogP contribution in [-0.4, -0.2) is 66.0 Å². The number of methoxy groups -OCH3 is 2. The molecule has 3 rings (SSSR count). The van der Waals surface area contributed by atoms with Gasteiger partial charge in [0.2, 0.25) is 5.89 Å². The van der Waals surface area contributed by atoms with Gasteiger partial charge in [-0.1, -0.05) is 6.42 Å². The van der Waals surface area contributed by atoms with Gasteiger partial charge in [0.1, 0.15) is 11.5 Å². The second kappa shape index (κ2) is 11.6. The normalized spacial score (nSPS) is 17.7. The van der Waals surface area contributed by atoms with Gasteiger partial charge in [-0.05, 0) is 62.6 Å². The molecule has 0 aliphatic carbocycles. The molecule has 176 valence electrons. The van der Waals surface area contributed by atoms with E-state index in [1.165, 1.54) is 19.3 Å². The van der Waals surface area contributed by atoms with E-state index < -0.39 is 11.2 Å². The highest BCUT2D eigenvalue weighted by molar-refractivity contribution is 7.91. The molecule has 1 amide bonds. The Morgan fingerprint density at radius 2 is 2.09 bits per heavy atom. The molecule has 1 fully saturated rings. The van der Waals surface area contributed by atoms with Crippen LogP contribution < -0.4 is 14.8 Å². The molecule has 1 saturated heterocycles. The Labute approximate surface area is 192 Å². The number of nitrogens with zero attached hydrogens (tertiary/aromatic N) is 2. The monoisotopic (exact) mass is 463 g/mol. The zero-order valence-corrected chi connectivity index (χ0v) is 20.1. The third-order valence-corrected chi connectivity index (χ3v) is 6.95. The van der Waals surface area contributed by atoms with E-state index in [0.29, 0.717) is 41.4 Å². The number of aryl methyl sites for hydroxylation is 1. The molecule has 0 spiro atoms. The first-order valence-corrected chi connectivity index (χ1v) is 12.4. The van der Waals surface area contributed by atoms with Crippen LogP contribution in [0.4, 0.5) is 0 Å². The summed E-state index contributed by atoms with van der Waals surface area (Å²) in [5.74, 6) is 2.10. The van der Waals surface area contributed by atoms with Crippen LogP contribution in [0.3, 0.4) is 0 Å². The van der Waals surface area contributed by atoms with Crippen LogP contribution in [0.2, 0.25) is 0 Å². The van der Waals surface area contributed by atoms with Gasteiger partial charge in [-0.25, -0.2) is 4.98 Å². The van der Waals surface area contributed by atoms with Gasteiger partial charge in [0.05, 0.1) is 14.2 Å². The Morgan fingerprint density at radius 3 is 2.81 bits per heavy atom. The number of carbonyl (C=O) groups is 1. The van der Waals surface area contributed by atoms with Crippen molar-refractivity contribution in [2.45, 2.75) is 44.9 Å². The zero-order valence-electron chi connectivity index (χ0n) is 19.3. The predicted octanol–water partition coefficient (Wildman–Crippen LogP) is 2.91. The number of rotatable bonds is 10. The number of nitrogens with one attached hydrogen (secondary N) is 1. The maximum absolute atomic E-state index is 12.5. The van der Waals surface area contributed by atoms with Gasteiger partial charge in [-0.3, -0.25) is 9.69 Å². The molecular weight excluding hydrogens is 430 g/mol. The van der Waals surface area contributed by atoms with Crippen molar-refractivity contribution in [1.29, 1.82) is 0 Å². The SMILES string of the molecule is COc1ccc(-c2nc(C[S+]([O-])CC(=O)NCCN3CCCCC3C)c(C)o2)cc1OC. The molecule has 1 N–H and O–H groups in total. The smallest absolute Gasteiger partial charge is 0.269 e. The van der Waals surface area contributed by atoms with E-state index in [0.717, 1.165) is 18.7 Å². The largest absolute Gasteiger partial charge is 0.616 e. The number of hydrogen-bond acceptors (Lipinski definition) is 7. The van der Waals surface area contributed by atoms with Crippen molar-refractivity contribution in [1.82, 2.24) is 15.2 Å². The maximum Gasteiger partial charge on any atom is 0.269 e. The quantitative estimate of drug-likeness (QED) is 0.541. The maximum atomic E-state index is 12.5. The van der Waals surface area contributed by atoms with Crippen molar-refractivity contribution in [3.8, 4) is 23.0 Å². The molecule has 0 saturated carbocycles. The highest BCUT2D eigenvalue weighted by Crippen LogP contribution is 2.32. The summed E-state index contributed by atoms with van der Waals surface area (Å²) in [6.45, 7) is 6.50. The van der Waals surface area contributed by atoms with Gasteiger partial charge >= 0.3 is 0 Å². The minimum absolute atomic E-state index is 0.0481. The first-order chi connectivity index (χ1) is 15.4. The lowest BCUT2D eigenvalue weighted by atomic mass is 10.0. The average Bonchev–Trinajstić information content (AvgIpc) is 3.14. The Hall–Kier alpha value is -2.23. The van der Waals surface area contributed by atoms with Gasteiger partial charge < -0.3 is 23.8 Å². The van der Waals surface area contributed by atoms with Crippen molar-refractivity contribution < 1.29 is 23.2 Å². The lowest BCUT2D eigenvalue weighted by Crippen LogP contribution is -2.43. The van der Waals surface area contributed by atoms with Crippen LogP contribution in [0.1, 0.15) is 37.6 Å². The van der Waals surface area contributed by atoms with E-state index in [1.807, 2.05) is 6.07 Å². The lowest BCUT2D eigenvalue weighted by molar-refractivity contribution is -0.118. The fourth-order valence-corrected chi connectivity index (χ4v) is 4.95. The number of likely N-dealkylation sites (tertiary alicyclic amines) is 1. The van der Waals surface area contributed by atoms with Crippen LogP contribution >= 0.6 is 0 Å². The summed E-state index contributed by atoms with van der Waals surface area (Å²) in [4.78, 5) is 19.1. The van der Waals surface area contributed by atoms with E-state index in [2.05, 4.69) is 22.1 Å². The predicted molar refractivity (Wildman–Crippen MR) is 124 cm³/mol. The minimum atomic E-state index is -1.37. The number of piperidine rings is 1. The molecule has 2 unspecified atom stereocenters. The molecule has 2 aromatic rings. The van der Waals surface area contributed by atoms with Crippen molar-refractivity contribution in [3.05, 3.63) is 29.7 Å². The first kappa shape index (κ1) is 24.4. The molecule has 1 aliphatic rings. The Kier molecular flexibility index (Phi) is 8.84. The first-order valence-electron chi connectivity index (χ1n) is 11.0. The second-order valence-electron chi connectivity index (χ2n) is 8.05. The fourth-order valence-electron chi connectivity index (χ4n) is 3.88. The van der Waals surface area contributed by atoms with Gasteiger partial charge in [-0.15, -0.1) is 0 Å². The third kappa shape index (κ3) is 6.40. The Morgan fingerprint density at radius 1 is 1.31 bits per heavy atom. The Balaban J connectivity index is 1.51. The molecule has 2 heterocycles. The highest BCUT2D eigenvalue weighted by Gasteiger charge is 2.21. The number of ether oxygens (including phenoxy) is 2. The number of carbonyl (C=O) groups excluding carboxylic acids is 1.